The third-order valence-electron chi connectivity index (χ3n) is 3.52. The first kappa shape index (κ1) is 14.1. The lowest BCUT2D eigenvalue weighted by atomic mass is 9.99. The zero-order valence-electron chi connectivity index (χ0n) is 11.0. The molecule has 1 aliphatic heterocycles. The zero-order chi connectivity index (χ0) is 13.8. The second kappa shape index (κ2) is 6.24. The average molecular weight is 268 g/mol. The van der Waals surface area contributed by atoms with Crippen LogP contribution in [0.1, 0.15) is 48.0 Å². The SMILES string of the molecule is Cc1cc(C(=O)CCC2CCCCO2)c(F)cc1F. The van der Waals surface area contributed by atoms with Gasteiger partial charge in [0.15, 0.2) is 5.78 Å². The number of ketones is 1. The number of rotatable bonds is 4. The van der Waals surface area contributed by atoms with Crippen molar-refractivity contribution in [3.8, 4) is 0 Å². The molecule has 4 heteroatoms. The molecule has 1 heterocycles. The third-order valence-corrected chi connectivity index (χ3v) is 3.52. The molecule has 1 aromatic carbocycles. The quantitative estimate of drug-likeness (QED) is 0.776. The summed E-state index contributed by atoms with van der Waals surface area (Å²) in [5, 5.41) is 0. The van der Waals surface area contributed by atoms with E-state index < -0.39 is 11.6 Å². The van der Waals surface area contributed by atoms with Crippen molar-refractivity contribution in [2.24, 2.45) is 0 Å². The Labute approximate surface area is 111 Å². The number of ether oxygens (including phenoxy) is 1. The fraction of sp³-hybridized carbons (Fsp3) is 0.533. The summed E-state index contributed by atoms with van der Waals surface area (Å²) in [5.74, 6) is -1.68. The van der Waals surface area contributed by atoms with Crippen molar-refractivity contribution in [2.45, 2.75) is 45.1 Å². The molecule has 1 saturated heterocycles. The lowest BCUT2D eigenvalue weighted by molar-refractivity contribution is 0.0104. The molecule has 0 saturated carbocycles. The molecular formula is C15H18F2O2. The van der Waals surface area contributed by atoms with E-state index in [1.54, 1.807) is 0 Å². The Morgan fingerprint density at radius 2 is 2.11 bits per heavy atom. The number of benzene rings is 1. The molecule has 0 radical (unpaired) electrons. The lowest BCUT2D eigenvalue weighted by Crippen LogP contribution is -2.20. The van der Waals surface area contributed by atoms with Gasteiger partial charge in [0.1, 0.15) is 11.6 Å². The normalized spacial score (nSPS) is 19.4. The number of hydrogen-bond acceptors (Lipinski definition) is 2. The predicted octanol–water partition coefficient (Wildman–Crippen LogP) is 3.81. The summed E-state index contributed by atoms with van der Waals surface area (Å²) < 4.78 is 32.2. The highest BCUT2D eigenvalue weighted by atomic mass is 19.1. The molecular weight excluding hydrogens is 250 g/mol. The van der Waals surface area contributed by atoms with Crippen LogP contribution in [0, 0.1) is 18.6 Å². The topological polar surface area (TPSA) is 26.3 Å². The number of carbonyl (C=O) groups is 1. The summed E-state index contributed by atoms with van der Waals surface area (Å²) in [6.07, 6.45) is 4.08. The number of aryl methyl sites for hydroxylation is 1. The minimum absolute atomic E-state index is 0.0188. The molecule has 19 heavy (non-hydrogen) atoms. The van der Waals surface area contributed by atoms with Gasteiger partial charge in [0.25, 0.3) is 0 Å². The standard InChI is InChI=1S/C15H18F2O2/c1-10-8-12(14(17)9-13(10)16)15(18)6-5-11-4-2-3-7-19-11/h8-9,11H,2-7H2,1H3. The molecule has 0 spiro atoms. The molecule has 0 bridgehead atoms. The highest BCUT2D eigenvalue weighted by molar-refractivity contribution is 5.96. The Bertz CT molecular complexity index is 465. The Hall–Kier alpha value is -1.29. The van der Waals surface area contributed by atoms with E-state index >= 15 is 0 Å². The van der Waals surface area contributed by atoms with E-state index in [1.165, 1.54) is 13.0 Å². The van der Waals surface area contributed by atoms with Gasteiger partial charge in [0.05, 0.1) is 11.7 Å². The van der Waals surface area contributed by atoms with Gasteiger partial charge < -0.3 is 4.74 Å². The summed E-state index contributed by atoms with van der Waals surface area (Å²) in [5.41, 5.74) is 0.272. The largest absolute Gasteiger partial charge is 0.378 e. The molecule has 0 amide bonds. The first-order valence-electron chi connectivity index (χ1n) is 6.68. The summed E-state index contributed by atoms with van der Waals surface area (Å²) in [7, 11) is 0. The number of Topliss-reactive ketones (excluding diaryl/α,β-unsaturated/α-hetero) is 1. The van der Waals surface area contributed by atoms with Crippen molar-refractivity contribution in [2.75, 3.05) is 6.61 Å². The maximum absolute atomic E-state index is 13.6. The van der Waals surface area contributed by atoms with Crippen molar-refractivity contribution in [3.63, 3.8) is 0 Å². The van der Waals surface area contributed by atoms with Crippen LogP contribution in [0.25, 0.3) is 0 Å². The van der Waals surface area contributed by atoms with Crippen LogP contribution < -0.4 is 0 Å². The van der Waals surface area contributed by atoms with E-state index in [-0.39, 0.29) is 23.9 Å². The maximum Gasteiger partial charge on any atom is 0.165 e. The highest BCUT2D eigenvalue weighted by Gasteiger charge is 2.18. The first-order chi connectivity index (χ1) is 9.08. The smallest absolute Gasteiger partial charge is 0.165 e. The summed E-state index contributed by atoms with van der Waals surface area (Å²) in [6, 6.07) is 2.06. The predicted molar refractivity (Wildman–Crippen MR) is 68.3 cm³/mol. The molecule has 104 valence electrons. The van der Waals surface area contributed by atoms with Crippen LogP contribution in [0.15, 0.2) is 12.1 Å². The van der Waals surface area contributed by atoms with Crippen molar-refractivity contribution >= 4 is 5.78 Å². The van der Waals surface area contributed by atoms with E-state index in [0.717, 1.165) is 31.9 Å². The molecule has 0 N–H and O–H groups in total. The monoisotopic (exact) mass is 268 g/mol. The van der Waals surface area contributed by atoms with E-state index in [4.69, 9.17) is 4.74 Å². The van der Waals surface area contributed by atoms with Crippen molar-refractivity contribution < 1.29 is 18.3 Å². The van der Waals surface area contributed by atoms with Gasteiger partial charge in [-0.1, -0.05) is 0 Å². The zero-order valence-corrected chi connectivity index (χ0v) is 11.0. The molecule has 2 nitrogen and oxygen atoms in total. The van der Waals surface area contributed by atoms with Gasteiger partial charge in [-0.3, -0.25) is 4.79 Å². The second-order valence-corrected chi connectivity index (χ2v) is 5.03. The molecule has 2 rings (SSSR count). The van der Waals surface area contributed by atoms with Crippen LogP contribution in [0.2, 0.25) is 0 Å². The van der Waals surface area contributed by atoms with Gasteiger partial charge >= 0.3 is 0 Å². The molecule has 1 atom stereocenters. The second-order valence-electron chi connectivity index (χ2n) is 5.03. The summed E-state index contributed by atoms with van der Waals surface area (Å²) >= 11 is 0. The Morgan fingerprint density at radius 3 is 2.79 bits per heavy atom. The third kappa shape index (κ3) is 3.60. The lowest BCUT2D eigenvalue weighted by Gasteiger charge is -2.22. The van der Waals surface area contributed by atoms with Crippen LogP contribution in [0.5, 0.6) is 0 Å². The van der Waals surface area contributed by atoms with Gasteiger partial charge in [0.2, 0.25) is 0 Å². The van der Waals surface area contributed by atoms with Crippen molar-refractivity contribution in [1.29, 1.82) is 0 Å². The maximum atomic E-state index is 13.6. The minimum Gasteiger partial charge on any atom is -0.378 e. The van der Waals surface area contributed by atoms with Gasteiger partial charge in [-0.15, -0.1) is 0 Å². The van der Waals surface area contributed by atoms with Gasteiger partial charge in [0, 0.05) is 19.1 Å². The van der Waals surface area contributed by atoms with Gasteiger partial charge in [-0.2, -0.15) is 0 Å². The molecule has 1 aromatic rings. The van der Waals surface area contributed by atoms with Crippen molar-refractivity contribution in [3.05, 3.63) is 34.9 Å². The average Bonchev–Trinajstić information content (AvgIpc) is 2.41. The minimum atomic E-state index is -0.780. The molecule has 0 aliphatic carbocycles. The Kier molecular flexibility index (Phi) is 4.64. The van der Waals surface area contributed by atoms with Gasteiger partial charge in [-0.05, 0) is 44.2 Å². The Balaban J connectivity index is 1.97. The van der Waals surface area contributed by atoms with Crippen LogP contribution in [-0.2, 0) is 4.74 Å². The fourth-order valence-corrected chi connectivity index (χ4v) is 2.33. The van der Waals surface area contributed by atoms with Crippen LogP contribution in [0.4, 0.5) is 8.78 Å². The first-order valence-corrected chi connectivity index (χ1v) is 6.68. The number of carbonyl (C=O) groups excluding carboxylic acids is 1. The number of halogens is 2. The highest BCUT2D eigenvalue weighted by Crippen LogP contribution is 2.20. The Morgan fingerprint density at radius 1 is 1.32 bits per heavy atom. The molecule has 1 unspecified atom stereocenters. The fourth-order valence-electron chi connectivity index (χ4n) is 2.33. The van der Waals surface area contributed by atoms with Crippen molar-refractivity contribution in [1.82, 2.24) is 0 Å². The van der Waals surface area contributed by atoms with E-state index in [2.05, 4.69) is 0 Å². The van der Waals surface area contributed by atoms with E-state index in [9.17, 15) is 13.6 Å². The van der Waals surface area contributed by atoms with Crippen LogP contribution >= 0.6 is 0 Å². The van der Waals surface area contributed by atoms with Crippen LogP contribution in [-0.4, -0.2) is 18.5 Å². The van der Waals surface area contributed by atoms with Crippen LogP contribution in [0.3, 0.4) is 0 Å². The summed E-state index contributed by atoms with van der Waals surface area (Å²) in [6.45, 7) is 2.26. The summed E-state index contributed by atoms with van der Waals surface area (Å²) in [4.78, 5) is 12.0. The molecule has 1 aliphatic rings. The number of hydrogen-bond donors (Lipinski definition) is 0. The van der Waals surface area contributed by atoms with E-state index in [1.807, 2.05) is 0 Å². The van der Waals surface area contributed by atoms with E-state index in [0.29, 0.717) is 12.0 Å². The molecule has 0 aromatic heterocycles. The molecule has 1 fully saturated rings. The van der Waals surface area contributed by atoms with Gasteiger partial charge in [-0.25, -0.2) is 8.78 Å².